The van der Waals surface area contributed by atoms with E-state index < -0.39 is 27.7 Å². The Morgan fingerprint density at radius 3 is 2.02 bits per heavy atom. The van der Waals surface area contributed by atoms with E-state index >= 15 is 0 Å². The number of methoxy groups -OCH3 is 1. The maximum atomic E-state index is 12.9. The molecule has 0 aliphatic carbocycles. The number of thiazole rings is 1. The molecule has 0 fully saturated rings. The zero-order chi connectivity index (χ0) is 30.5. The Morgan fingerprint density at radius 1 is 0.905 bits per heavy atom. The molecular formula is C28H36Cl2LiN4O4SSi2. The molecule has 0 aliphatic rings. The zero-order valence-electron chi connectivity index (χ0n) is 25.3. The molecule has 2 N–H and O–H groups in total. The fraction of sp³-hybridized carbons (Fsp3) is 0.321. The van der Waals surface area contributed by atoms with Crippen molar-refractivity contribution in [2.24, 2.45) is 0 Å². The largest absolute Gasteiger partial charge is 0.497 e. The van der Waals surface area contributed by atoms with Gasteiger partial charge >= 0.3 is 5.69 Å². The molecule has 4 rings (SSSR count). The molecule has 1 radical (unpaired) electrons. The predicted molar refractivity (Wildman–Crippen MR) is 181 cm³/mol. The number of hydrogen-bond donors (Lipinski definition) is 2. The van der Waals surface area contributed by atoms with E-state index in [1.165, 1.54) is 16.7 Å². The van der Waals surface area contributed by atoms with Gasteiger partial charge in [0.25, 0.3) is 11.5 Å². The van der Waals surface area contributed by atoms with Crippen molar-refractivity contribution < 1.29 is 9.53 Å². The van der Waals surface area contributed by atoms with Crippen molar-refractivity contribution in [3.05, 3.63) is 102 Å². The molecule has 0 spiro atoms. The second-order valence-electron chi connectivity index (χ2n) is 11.6. The number of ether oxygens (including phenoxy) is 1. The number of aromatic nitrogens is 2. The molecule has 0 bridgehead atoms. The number of nitrogens with one attached hydrogen (secondary N) is 2. The van der Waals surface area contributed by atoms with Crippen LogP contribution in [0.25, 0.3) is 4.83 Å². The molecule has 8 nitrogen and oxygen atoms in total. The predicted octanol–water partition coefficient (Wildman–Crippen LogP) is 5.68. The standard InChI is InChI=1S/C22H17Cl2N3O4S.C6H19NSi2.Li/c1-31-15-5-2-13(3-6-15)10-25-21(29)18-12-27-20(32-18)9-19(28)26(22(27)30)11-14-4-7-16(23)17(24)8-14;1-8(2,3)7-9(4,5)6;/h2-9,12H,10-11H2,1H3,(H,25,29);7H,1-6H3;. The van der Waals surface area contributed by atoms with Gasteiger partial charge in [-0.25, -0.2) is 4.79 Å². The van der Waals surface area contributed by atoms with Crippen LogP contribution in [-0.4, -0.2) is 57.3 Å². The molecule has 0 saturated carbocycles. The third-order valence-corrected chi connectivity index (χ3v) is 13.3. The number of benzene rings is 2. The maximum absolute atomic E-state index is 12.9. The van der Waals surface area contributed by atoms with Gasteiger partial charge in [-0.2, -0.15) is 0 Å². The SMILES string of the molecule is COc1ccc(CNC(=O)c2cn3c(=O)n(Cc4ccc(Cl)c(Cl)c4)c(=O)cc3s2)cc1.C[Si](C)(C)N[Si](C)(C)C.[Li]. The third-order valence-electron chi connectivity index (χ3n) is 5.56. The van der Waals surface area contributed by atoms with Crippen molar-refractivity contribution in [2.75, 3.05) is 7.11 Å². The first-order valence-electron chi connectivity index (χ1n) is 13.0. The number of hydrogen-bond acceptors (Lipinski definition) is 6. The second kappa shape index (κ2) is 15.1. The first kappa shape index (κ1) is 36.1. The van der Waals surface area contributed by atoms with Gasteiger partial charge in [0.05, 0.1) is 23.7 Å². The molecule has 0 unspecified atom stereocenters. The summed E-state index contributed by atoms with van der Waals surface area (Å²) in [4.78, 5) is 38.8. The summed E-state index contributed by atoms with van der Waals surface area (Å²) >= 11 is 13.0. The van der Waals surface area contributed by atoms with Crippen LogP contribution in [0.2, 0.25) is 49.3 Å². The average molecular weight is 659 g/mol. The van der Waals surface area contributed by atoms with Gasteiger partial charge in [-0.15, -0.1) is 11.3 Å². The van der Waals surface area contributed by atoms with Crippen LogP contribution < -0.4 is 26.0 Å². The monoisotopic (exact) mass is 657 g/mol. The van der Waals surface area contributed by atoms with Gasteiger partial charge in [0.15, 0.2) is 0 Å². The van der Waals surface area contributed by atoms with E-state index in [9.17, 15) is 14.4 Å². The molecular weight excluding hydrogens is 622 g/mol. The smallest absolute Gasteiger partial charge is 0.336 e. The Balaban J connectivity index is 0.000000536. The average Bonchev–Trinajstić information content (AvgIpc) is 3.30. The van der Waals surface area contributed by atoms with Gasteiger partial charge in [-0.3, -0.25) is 18.6 Å². The van der Waals surface area contributed by atoms with Crippen molar-refractivity contribution >= 4 is 80.6 Å². The molecule has 221 valence electrons. The Morgan fingerprint density at radius 2 is 1.50 bits per heavy atom. The summed E-state index contributed by atoms with van der Waals surface area (Å²) in [7, 11) is -0.377. The van der Waals surface area contributed by atoms with Crippen LogP contribution in [0.4, 0.5) is 0 Å². The van der Waals surface area contributed by atoms with E-state index in [1.807, 2.05) is 24.3 Å². The molecule has 4 aromatic rings. The maximum Gasteiger partial charge on any atom is 0.336 e. The molecule has 42 heavy (non-hydrogen) atoms. The fourth-order valence-corrected chi connectivity index (χ4v) is 14.5. The number of carbonyl (C=O) groups excluding carboxylic acids is 1. The number of fused-ring (bicyclic) bond motifs is 1. The third kappa shape index (κ3) is 10.6. The van der Waals surface area contributed by atoms with Crippen LogP contribution >= 0.6 is 34.5 Å². The molecule has 2 heterocycles. The number of nitrogens with zero attached hydrogens (tertiary/aromatic N) is 2. The summed E-state index contributed by atoms with van der Waals surface area (Å²) in [6.45, 7) is 14.5. The first-order valence-corrected chi connectivity index (χ1v) is 21.5. The number of amides is 1. The van der Waals surface area contributed by atoms with Crippen LogP contribution in [0.1, 0.15) is 20.8 Å². The Hall–Kier alpha value is -2.08. The van der Waals surface area contributed by atoms with Gasteiger partial charge in [0, 0.05) is 37.7 Å². The van der Waals surface area contributed by atoms with E-state index in [-0.39, 0.29) is 31.3 Å². The molecule has 2 aromatic heterocycles. The van der Waals surface area contributed by atoms with E-state index in [0.717, 1.165) is 27.2 Å². The number of halogens is 2. The minimum Gasteiger partial charge on any atom is -0.497 e. The van der Waals surface area contributed by atoms with Crippen LogP contribution in [0.15, 0.2) is 64.3 Å². The Kier molecular flexibility index (Phi) is 13.0. The molecule has 0 saturated heterocycles. The molecule has 14 heteroatoms. The van der Waals surface area contributed by atoms with Crippen LogP contribution in [0.3, 0.4) is 0 Å². The summed E-state index contributed by atoms with van der Waals surface area (Å²) < 4.78 is 11.2. The quantitative estimate of drug-likeness (QED) is 0.238. The minimum absolute atomic E-state index is 0. The summed E-state index contributed by atoms with van der Waals surface area (Å²) in [6.07, 6.45) is 1.44. The van der Waals surface area contributed by atoms with Gasteiger partial charge in [0.2, 0.25) is 0 Å². The first-order chi connectivity index (χ1) is 19.1. The van der Waals surface area contributed by atoms with Gasteiger partial charge in [-0.1, -0.05) is 80.7 Å². The topological polar surface area (TPSA) is 93.8 Å². The molecule has 0 aliphatic heterocycles. The van der Waals surface area contributed by atoms with Gasteiger partial charge in [0.1, 0.15) is 31.9 Å². The molecule has 1 amide bonds. The normalized spacial score (nSPS) is 11.4. The Bertz CT molecular complexity index is 1630. The zero-order valence-corrected chi connectivity index (χ0v) is 29.6. The van der Waals surface area contributed by atoms with Crippen molar-refractivity contribution in [2.45, 2.75) is 52.4 Å². The second-order valence-corrected chi connectivity index (χ2v) is 23.4. The van der Waals surface area contributed by atoms with Crippen LogP contribution in [0, 0.1) is 0 Å². The van der Waals surface area contributed by atoms with E-state index in [0.29, 0.717) is 31.9 Å². The fourth-order valence-electron chi connectivity index (χ4n) is 4.23. The van der Waals surface area contributed by atoms with Crippen LogP contribution in [-0.2, 0) is 13.1 Å². The minimum atomic E-state index is -0.981. The van der Waals surface area contributed by atoms with Crippen molar-refractivity contribution in [1.82, 2.24) is 18.9 Å². The van der Waals surface area contributed by atoms with Crippen molar-refractivity contribution in [1.29, 1.82) is 0 Å². The van der Waals surface area contributed by atoms with Crippen LogP contribution in [0.5, 0.6) is 5.75 Å². The summed E-state index contributed by atoms with van der Waals surface area (Å²) in [5.74, 6) is 0.393. The number of carbonyl (C=O) groups is 1. The van der Waals surface area contributed by atoms with E-state index in [2.05, 4.69) is 49.2 Å². The van der Waals surface area contributed by atoms with Crippen molar-refractivity contribution in [3.8, 4) is 5.75 Å². The van der Waals surface area contributed by atoms with E-state index in [4.69, 9.17) is 27.9 Å². The van der Waals surface area contributed by atoms with Gasteiger partial charge in [-0.05, 0) is 35.4 Å². The summed E-state index contributed by atoms with van der Waals surface area (Å²) in [5, 5.41) is 3.54. The molecule has 2 aromatic carbocycles. The molecule has 0 atom stereocenters. The van der Waals surface area contributed by atoms with Crippen molar-refractivity contribution in [3.63, 3.8) is 0 Å². The summed E-state index contributed by atoms with van der Waals surface area (Å²) in [5.41, 5.74) is 0.558. The van der Waals surface area contributed by atoms with Gasteiger partial charge < -0.3 is 14.7 Å². The summed E-state index contributed by atoms with van der Waals surface area (Å²) in [6, 6.07) is 13.6. The Labute approximate surface area is 274 Å². The van der Waals surface area contributed by atoms with E-state index in [1.54, 1.807) is 25.3 Å². The number of rotatable bonds is 8.